The summed E-state index contributed by atoms with van der Waals surface area (Å²) in [6, 6.07) is 0. The van der Waals surface area contributed by atoms with Gasteiger partial charge in [0.25, 0.3) is 0 Å². The minimum Gasteiger partial charge on any atom is -0.481 e. The summed E-state index contributed by atoms with van der Waals surface area (Å²) in [5.41, 5.74) is -2.74. The number of aliphatic hydroxyl groups is 1. The van der Waals surface area contributed by atoms with Crippen LogP contribution in [0, 0.1) is 0 Å². The van der Waals surface area contributed by atoms with E-state index in [2.05, 4.69) is 6.92 Å². The van der Waals surface area contributed by atoms with Crippen LogP contribution in [0.15, 0.2) is 0 Å². The molecule has 0 aromatic heterocycles. The van der Waals surface area contributed by atoms with Crippen LogP contribution in [0.25, 0.3) is 0 Å². The van der Waals surface area contributed by atoms with E-state index in [1.165, 1.54) is 83.5 Å². The number of carbonyl (C=O) groups is 4. The smallest absolute Gasteiger partial charge is 0.336 e. The van der Waals surface area contributed by atoms with Crippen molar-refractivity contribution in [1.82, 2.24) is 6.15 Å². The van der Waals surface area contributed by atoms with E-state index in [1.54, 1.807) is 0 Å². The number of hydrogen-bond acceptors (Lipinski definition) is 6. The first-order chi connectivity index (χ1) is 15.5. The molecule has 0 saturated heterocycles. The van der Waals surface area contributed by atoms with E-state index in [4.69, 9.17) is 25.5 Å². The molecule has 0 saturated carbocycles. The van der Waals surface area contributed by atoms with Crippen molar-refractivity contribution in [2.45, 2.75) is 128 Å². The molecule has 0 radical (unpaired) electrons. The van der Waals surface area contributed by atoms with Gasteiger partial charge in [-0.1, -0.05) is 96.8 Å². The predicted molar refractivity (Wildman–Crippen MR) is 129 cm³/mol. The Hall–Kier alpha value is -2.20. The van der Waals surface area contributed by atoms with Crippen molar-refractivity contribution in [1.29, 1.82) is 0 Å². The summed E-state index contributed by atoms with van der Waals surface area (Å²) in [5, 5.41) is 42.3. The van der Waals surface area contributed by atoms with Crippen LogP contribution < -0.4 is 6.15 Å². The maximum absolute atomic E-state index is 10.3. The van der Waals surface area contributed by atoms with E-state index >= 15 is 0 Å². The molecule has 0 rings (SSSR count). The Kier molecular flexibility index (Phi) is 25.6. The first kappa shape index (κ1) is 36.4. The van der Waals surface area contributed by atoms with E-state index in [-0.39, 0.29) is 6.15 Å². The molecule has 0 aliphatic carbocycles. The molecule has 0 fully saturated rings. The second kappa shape index (κ2) is 23.9. The van der Waals surface area contributed by atoms with E-state index < -0.39 is 42.3 Å². The van der Waals surface area contributed by atoms with Crippen LogP contribution in [-0.4, -0.2) is 55.0 Å². The second-order valence-electron chi connectivity index (χ2n) is 8.57. The first-order valence-corrected chi connectivity index (χ1v) is 12.2. The van der Waals surface area contributed by atoms with Crippen molar-refractivity contribution >= 4 is 23.9 Å². The maximum atomic E-state index is 10.3. The molecule has 0 aromatic rings. The summed E-state index contributed by atoms with van der Waals surface area (Å²) < 4.78 is 0. The summed E-state index contributed by atoms with van der Waals surface area (Å²) >= 11 is 0. The number of carboxylic acids is 4. The summed E-state index contributed by atoms with van der Waals surface area (Å²) in [4.78, 5) is 40.8. The Balaban J connectivity index is -0.000000598. The number of aliphatic carboxylic acids is 4. The fourth-order valence-corrected chi connectivity index (χ4v) is 3.36. The van der Waals surface area contributed by atoms with Gasteiger partial charge >= 0.3 is 23.9 Å². The molecule has 0 aromatic carbocycles. The number of hydrogen-bond donors (Lipinski definition) is 6. The van der Waals surface area contributed by atoms with Crippen molar-refractivity contribution < 1.29 is 44.7 Å². The van der Waals surface area contributed by atoms with Crippen LogP contribution in [0.1, 0.15) is 122 Å². The Morgan fingerprint density at radius 2 is 0.824 bits per heavy atom. The van der Waals surface area contributed by atoms with Gasteiger partial charge in [0.1, 0.15) is 0 Å². The van der Waals surface area contributed by atoms with Gasteiger partial charge in [0, 0.05) is 6.42 Å². The SMILES string of the molecule is CCCCCCCCCCCCCCCCCC(=O)O.N.O=C(O)CC(O)(CC(=O)O)C(=O)O. The zero-order valence-electron chi connectivity index (χ0n) is 20.8. The lowest BCUT2D eigenvalue weighted by Crippen LogP contribution is -2.42. The van der Waals surface area contributed by atoms with Crippen molar-refractivity contribution in [2.24, 2.45) is 0 Å². The normalized spacial score (nSPS) is 10.5. The maximum Gasteiger partial charge on any atom is 0.336 e. The van der Waals surface area contributed by atoms with E-state index in [0.717, 1.165) is 12.8 Å². The van der Waals surface area contributed by atoms with Gasteiger partial charge in [-0.15, -0.1) is 0 Å². The van der Waals surface area contributed by atoms with Crippen LogP contribution in [0.5, 0.6) is 0 Å². The summed E-state index contributed by atoms with van der Waals surface area (Å²) in [7, 11) is 0. The van der Waals surface area contributed by atoms with Gasteiger partial charge in [-0.2, -0.15) is 0 Å². The highest BCUT2D eigenvalue weighted by Crippen LogP contribution is 2.16. The van der Waals surface area contributed by atoms with E-state index in [0.29, 0.717) is 6.42 Å². The predicted octanol–water partition coefficient (Wildman–Crippen LogP) is 5.25. The minimum absolute atomic E-state index is 0. The zero-order chi connectivity index (χ0) is 25.5. The molecular formula is C24H47NO9. The van der Waals surface area contributed by atoms with Crippen LogP contribution in [0.2, 0.25) is 0 Å². The van der Waals surface area contributed by atoms with E-state index in [1.807, 2.05) is 0 Å². The largest absolute Gasteiger partial charge is 0.481 e. The first-order valence-electron chi connectivity index (χ1n) is 12.2. The lowest BCUT2D eigenvalue weighted by molar-refractivity contribution is -0.170. The molecule has 10 nitrogen and oxygen atoms in total. The van der Waals surface area contributed by atoms with Gasteiger partial charge in [-0.3, -0.25) is 14.4 Å². The van der Waals surface area contributed by atoms with Gasteiger partial charge in [0.05, 0.1) is 12.8 Å². The van der Waals surface area contributed by atoms with Crippen molar-refractivity contribution in [3.8, 4) is 0 Å². The molecule has 0 amide bonds. The molecule has 34 heavy (non-hydrogen) atoms. The molecule has 0 spiro atoms. The van der Waals surface area contributed by atoms with Crippen LogP contribution in [-0.2, 0) is 19.2 Å². The molecular weight excluding hydrogens is 446 g/mol. The molecule has 10 heteroatoms. The standard InChI is InChI=1S/C18H36O2.C6H8O7.H3N/c1-2-3-4-5-6-7-8-9-10-11-12-13-14-15-16-17-18(19)20;7-3(8)1-6(13,5(11)12)2-4(9)10;/h2-17H2,1H3,(H,19,20);13H,1-2H2,(H,7,8)(H,9,10)(H,11,12);1H3. The highest BCUT2D eigenvalue weighted by atomic mass is 16.4. The highest BCUT2D eigenvalue weighted by molar-refractivity contribution is 5.88. The Bertz CT molecular complexity index is 537. The third-order valence-electron chi connectivity index (χ3n) is 5.28. The van der Waals surface area contributed by atoms with Crippen molar-refractivity contribution in [3.05, 3.63) is 0 Å². The average Bonchev–Trinajstić information content (AvgIpc) is 2.70. The van der Waals surface area contributed by atoms with E-state index in [9.17, 15) is 19.2 Å². The third-order valence-corrected chi connectivity index (χ3v) is 5.28. The van der Waals surface area contributed by atoms with Gasteiger partial charge in [0.2, 0.25) is 0 Å². The molecule has 0 atom stereocenters. The van der Waals surface area contributed by atoms with Gasteiger partial charge in [0.15, 0.2) is 5.60 Å². The van der Waals surface area contributed by atoms with Crippen LogP contribution in [0.4, 0.5) is 0 Å². The number of unbranched alkanes of at least 4 members (excludes halogenated alkanes) is 14. The summed E-state index contributed by atoms with van der Waals surface area (Å²) in [6.45, 7) is 2.27. The lowest BCUT2D eigenvalue weighted by Gasteiger charge is -2.18. The topological polar surface area (TPSA) is 204 Å². The van der Waals surface area contributed by atoms with Gasteiger partial charge < -0.3 is 31.7 Å². The molecule has 8 N–H and O–H groups in total. The monoisotopic (exact) mass is 493 g/mol. The van der Waals surface area contributed by atoms with Crippen molar-refractivity contribution in [3.63, 3.8) is 0 Å². The molecule has 0 heterocycles. The third kappa shape index (κ3) is 26.1. The van der Waals surface area contributed by atoms with Crippen LogP contribution >= 0.6 is 0 Å². The lowest BCUT2D eigenvalue weighted by atomic mass is 9.96. The second-order valence-corrected chi connectivity index (χ2v) is 8.57. The molecule has 0 aliphatic rings. The summed E-state index contributed by atoms with van der Waals surface area (Å²) in [6.07, 6.45) is 17.9. The summed E-state index contributed by atoms with van der Waals surface area (Å²) in [5.74, 6) is -5.67. The Morgan fingerprint density at radius 1 is 0.529 bits per heavy atom. The zero-order valence-corrected chi connectivity index (χ0v) is 20.8. The highest BCUT2D eigenvalue weighted by Gasteiger charge is 2.40. The molecule has 0 aliphatic heterocycles. The fraction of sp³-hybridized carbons (Fsp3) is 0.833. The van der Waals surface area contributed by atoms with Gasteiger partial charge in [-0.05, 0) is 6.42 Å². The van der Waals surface area contributed by atoms with Crippen molar-refractivity contribution in [2.75, 3.05) is 0 Å². The fourth-order valence-electron chi connectivity index (χ4n) is 3.36. The number of carboxylic acid groups (broad SMARTS) is 4. The number of rotatable bonds is 21. The molecule has 202 valence electrons. The molecule has 0 bridgehead atoms. The quantitative estimate of drug-likeness (QED) is 0.115. The molecule has 0 unspecified atom stereocenters. The Morgan fingerprint density at radius 3 is 1.06 bits per heavy atom. The minimum atomic E-state index is -2.74. The van der Waals surface area contributed by atoms with Gasteiger partial charge in [-0.25, -0.2) is 4.79 Å². The van der Waals surface area contributed by atoms with Crippen LogP contribution in [0.3, 0.4) is 0 Å². The Labute approximate surface area is 203 Å². The average molecular weight is 494 g/mol.